The van der Waals surface area contributed by atoms with Gasteiger partial charge in [-0.25, -0.2) is 0 Å². The first-order chi connectivity index (χ1) is 12.9. The Kier molecular flexibility index (Phi) is 5.25. The Balaban J connectivity index is 1.28. The summed E-state index contributed by atoms with van der Waals surface area (Å²) in [7, 11) is 0. The minimum atomic E-state index is 0.482. The van der Waals surface area contributed by atoms with Gasteiger partial charge in [0, 0.05) is 23.9 Å². The van der Waals surface area contributed by atoms with Gasteiger partial charge in [0.05, 0.1) is 5.69 Å². The topological polar surface area (TPSA) is 82.9 Å². The summed E-state index contributed by atoms with van der Waals surface area (Å²) in [5, 5.41) is 18.5. The zero-order valence-electron chi connectivity index (χ0n) is 14.8. The third kappa shape index (κ3) is 4.11. The van der Waals surface area contributed by atoms with Crippen LogP contribution in [0, 0.1) is 0 Å². The number of rotatable bonds is 7. The monoisotopic (exact) mass is 352 g/mol. The van der Waals surface area contributed by atoms with Crippen molar-refractivity contribution >= 4 is 6.01 Å². The molecule has 0 bridgehead atoms. The first-order valence-electron chi connectivity index (χ1n) is 9.29. The van der Waals surface area contributed by atoms with E-state index in [1.54, 1.807) is 0 Å². The minimum absolute atomic E-state index is 0.482. The Morgan fingerprint density at radius 2 is 1.81 bits per heavy atom. The van der Waals surface area contributed by atoms with Crippen molar-refractivity contribution in [2.45, 2.75) is 25.7 Å². The average molecular weight is 352 g/mol. The van der Waals surface area contributed by atoms with Crippen LogP contribution in [0.25, 0.3) is 22.7 Å². The predicted octanol–water partition coefficient (Wildman–Crippen LogP) is 3.41. The van der Waals surface area contributed by atoms with Gasteiger partial charge in [0.25, 0.3) is 0 Å². The molecule has 1 fully saturated rings. The zero-order chi connectivity index (χ0) is 17.6. The van der Waals surface area contributed by atoms with Crippen molar-refractivity contribution in [1.82, 2.24) is 25.3 Å². The van der Waals surface area contributed by atoms with Gasteiger partial charge in [-0.05, 0) is 57.1 Å². The van der Waals surface area contributed by atoms with E-state index in [9.17, 15) is 0 Å². The van der Waals surface area contributed by atoms with Crippen molar-refractivity contribution < 1.29 is 4.42 Å². The van der Waals surface area contributed by atoms with Crippen LogP contribution in [0.1, 0.15) is 25.7 Å². The number of piperidine rings is 1. The number of H-pyrrole nitrogens is 1. The van der Waals surface area contributed by atoms with Crippen LogP contribution in [-0.4, -0.2) is 51.5 Å². The summed E-state index contributed by atoms with van der Waals surface area (Å²) >= 11 is 0. The summed E-state index contributed by atoms with van der Waals surface area (Å²) in [4.78, 5) is 2.53. The molecule has 0 aliphatic carbocycles. The number of likely N-dealkylation sites (tertiary alicyclic amines) is 1. The van der Waals surface area contributed by atoms with E-state index >= 15 is 0 Å². The van der Waals surface area contributed by atoms with Crippen molar-refractivity contribution in [3.8, 4) is 22.7 Å². The van der Waals surface area contributed by atoms with Gasteiger partial charge in [0.15, 0.2) is 0 Å². The largest absolute Gasteiger partial charge is 0.403 e. The van der Waals surface area contributed by atoms with Crippen LogP contribution in [-0.2, 0) is 0 Å². The fourth-order valence-corrected chi connectivity index (χ4v) is 3.30. The Labute approximate surface area is 152 Å². The van der Waals surface area contributed by atoms with E-state index in [1.807, 2.05) is 36.5 Å². The molecule has 3 heterocycles. The Bertz CT molecular complexity index is 790. The molecule has 0 radical (unpaired) electrons. The molecule has 0 amide bonds. The van der Waals surface area contributed by atoms with Crippen LogP contribution in [0.15, 0.2) is 40.9 Å². The van der Waals surface area contributed by atoms with Crippen LogP contribution in [0.3, 0.4) is 0 Å². The van der Waals surface area contributed by atoms with E-state index in [0.29, 0.717) is 11.9 Å². The van der Waals surface area contributed by atoms with Gasteiger partial charge in [-0.1, -0.05) is 23.7 Å². The van der Waals surface area contributed by atoms with Crippen LogP contribution in [0.5, 0.6) is 0 Å². The lowest BCUT2D eigenvalue weighted by atomic mass is 10.1. The average Bonchev–Trinajstić information content (AvgIpc) is 3.38. The predicted molar refractivity (Wildman–Crippen MR) is 101 cm³/mol. The summed E-state index contributed by atoms with van der Waals surface area (Å²) in [5.41, 5.74) is 2.86. The van der Waals surface area contributed by atoms with E-state index in [0.717, 1.165) is 36.3 Å². The Hall–Kier alpha value is -2.67. The van der Waals surface area contributed by atoms with Gasteiger partial charge >= 0.3 is 6.01 Å². The molecule has 136 valence electrons. The molecule has 26 heavy (non-hydrogen) atoms. The number of nitrogens with zero attached hydrogens (tertiary/aromatic N) is 4. The maximum Gasteiger partial charge on any atom is 0.315 e. The number of aromatic nitrogens is 4. The van der Waals surface area contributed by atoms with Crippen molar-refractivity contribution in [2.24, 2.45) is 0 Å². The van der Waals surface area contributed by atoms with Gasteiger partial charge in [0.1, 0.15) is 0 Å². The molecule has 0 spiro atoms. The van der Waals surface area contributed by atoms with Gasteiger partial charge in [0.2, 0.25) is 5.89 Å². The molecule has 1 aliphatic heterocycles. The highest BCUT2D eigenvalue weighted by atomic mass is 16.4. The Morgan fingerprint density at radius 3 is 2.58 bits per heavy atom. The highest BCUT2D eigenvalue weighted by Gasteiger charge is 2.11. The van der Waals surface area contributed by atoms with Gasteiger partial charge in [-0.15, -0.1) is 5.10 Å². The zero-order valence-corrected chi connectivity index (χ0v) is 14.8. The molecule has 0 saturated carbocycles. The Morgan fingerprint density at radius 1 is 1.00 bits per heavy atom. The molecule has 4 rings (SSSR count). The smallest absolute Gasteiger partial charge is 0.315 e. The van der Waals surface area contributed by atoms with E-state index in [1.165, 1.54) is 32.4 Å². The number of nitrogens with one attached hydrogen (secondary N) is 2. The number of hydrogen-bond acceptors (Lipinski definition) is 6. The quantitative estimate of drug-likeness (QED) is 0.634. The first kappa shape index (κ1) is 16.8. The standard InChI is InChI=1S/C19H24N6O/c1-2-12-25(13-3-1)14-4-10-20-19-24-23-18(26-19)16-7-5-15(6-8-16)17-9-11-21-22-17/h5-9,11H,1-4,10,12-14H2,(H,20,24)(H,21,22). The number of anilines is 1. The molecule has 1 aliphatic rings. The first-order valence-corrected chi connectivity index (χ1v) is 9.29. The van der Waals surface area contributed by atoms with Gasteiger partial charge in [-0.3, -0.25) is 5.10 Å². The molecule has 0 unspecified atom stereocenters. The molecule has 3 aromatic rings. The second kappa shape index (κ2) is 8.14. The van der Waals surface area contributed by atoms with Crippen LogP contribution >= 0.6 is 0 Å². The van der Waals surface area contributed by atoms with E-state index in [2.05, 4.69) is 30.6 Å². The van der Waals surface area contributed by atoms with Crippen LogP contribution in [0.2, 0.25) is 0 Å². The molecule has 7 heteroatoms. The van der Waals surface area contributed by atoms with Crippen molar-refractivity contribution in [3.63, 3.8) is 0 Å². The molecular weight excluding hydrogens is 328 g/mol. The van der Waals surface area contributed by atoms with Crippen LogP contribution < -0.4 is 5.32 Å². The second-order valence-corrected chi connectivity index (χ2v) is 6.63. The third-order valence-electron chi connectivity index (χ3n) is 4.73. The number of hydrogen-bond donors (Lipinski definition) is 2. The minimum Gasteiger partial charge on any atom is -0.403 e. The van der Waals surface area contributed by atoms with Crippen molar-refractivity contribution in [1.29, 1.82) is 0 Å². The molecule has 0 atom stereocenters. The summed E-state index contributed by atoms with van der Waals surface area (Å²) in [6, 6.07) is 10.4. The normalized spacial score (nSPS) is 15.2. The molecule has 2 N–H and O–H groups in total. The number of aromatic amines is 1. The molecule has 7 nitrogen and oxygen atoms in total. The van der Waals surface area contributed by atoms with E-state index in [4.69, 9.17) is 4.42 Å². The second-order valence-electron chi connectivity index (χ2n) is 6.63. The SMILES string of the molecule is c1cc(-c2ccc(-c3nnc(NCCCN4CCCCC4)o3)cc2)n[nH]1. The maximum atomic E-state index is 5.72. The third-order valence-corrected chi connectivity index (χ3v) is 4.73. The maximum absolute atomic E-state index is 5.72. The highest BCUT2D eigenvalue weighted by Crippen LogP contribution is 2.23. The van der Waals surface area contributed by atoms with Gasteiger partial charge in [-0.2, -0.15) is 5.10 Å². The lowest BCUT2D eigenvalue weighted by molar-refractivity contribution is 0.228. The van der Waals surface area contributed by atoms with E-state index < -0.39 is 0 Å². The molecule has 1 saturated heterocycles. The molecular formula is C19H24N6O. The van der Waals surface area contributed by atoms with E-state index in [-0.39, 0.29) is 0 Å². The summed E-state index contributed by atoms with van der Waals surface area (Å²) in [6.07, 6.45) is 6.93. The summed E-state index contributed by atoms with van der Waals surface area (Å²) < 4.78 is 5.72. The summed E-state index contributed by atoms with van der Waals surface area (Å²) in [5.74, 6) is 0.525. The lowest BCUT2D eigenvalue weighted by Gasteiger charge is -2.26. The van der Waals surface area contributed by atoms with Gasteiger partial charge < -0.3 is 14.6 Å². The van der Waals surface area contributed by atoms with Crippen LogP contribution in [0.4, 0.5) is 6.01 Å². The molecule has 2 aromatic heterocycles. The fourth-order valence-electron chi connectivity index (χ4n) is 3.30. The highest BCUT2D eigenvalue weighted by molar-refractivity contribution is 5.64. The lowest BCUT2D eigenvalue weighted by Crippen LogP contribution is -2.31. The summed E-state index contributed by atoms with van der Waals surface area (Å²) in [6.45, 7) is 4.44. The number of benzene rings is 1. The fraction of sp³-hybridized carbons (Fsp3) is 0.421. The molecule has 1 aromatic carbocycles. The van der Waals surface area contributed by atoms with Crippen molar-refractivity contribution in [2.75, 3.05) is 31.5 Å². The van der Waals surface area contributed by atoms with Crippen molar-refractivity contribution in [3.05, 3.63) is 36.5 Å².